The molecule has 1 amide bonds. The Hall–Kier alpha value is -1.97. The van der Waals surface area contributed by atoms with Crippen molar-refractivity contribution in [1.29, 1.82) is 0 Å². The number of benzene rings is 1. The summed E-state index contributed by atoms with van der Waals surface area (Å²) in [7, 11) is -2.21. The molecule has 0 spiro atoms. The van der Waals surface area contributed by atoms with Gasteiger partial charge in [-0.1, -0.05) is 17.7 Å². The molecule has 0 aliphatic carbocycles. The van der Waals surface area contributed by atoms with E-state index in [1.165, 1.54) is 20.1 Å². The number of sulfonamides is 1. The fourth-order valence-corrected chi connectivity index (χ4v) is 3.45. The van der Waals surface area contributed by atoms with E-state index in [9.17, 15) is 18.0 Å². The van der Waals surface area contributed by atoms with Crippen molar-refractivity contribution in [2.75, 3.05) is 26.8 Å². The zero-order valence-corrected chi connectivity index (χ0v) is 16.3. The second-order valence-corrected chi connectivity index (χ2v) is 7.57. The van der Waals surface area contributed by atoms with Gasteiger partial charge in [0.1, 0.15) is 0 Å². The lowest BCUT2D eigenvalue weighted by Crippen LogP contribution is -2.38. The van der Waals surface area contributed by atoms with Crippen LogP contribution in [-0.4, -0.2) is 53.2 Å². The van der Waals surface area contributed by atoms with Gasteiger partial charge in [-0.25, -0.2) is 13.1 Å². The Bertz CT molecular complexity index is 733. The summed E-state index contributed by atoms with van der Waals surface area (Å²) in [5.41, 5.74) is 1.59. The van der Waals surface area contributed by atoms with Crippen LogP contribution in [-0.2, 0) is 29.1 Å². The Labute approximate surface area is 154 Å². The van der Waals surface area contributed by atoms with E-state index >= 15 is 0 Å². The van der Waals surface area contributed by atoms with Gasteiger partial charge in [0.05, 0.1) is 17.9 Å². The van der Waals surface area contributed by atoms with Crippen LogP contribution in [0.1, 0.15) is 24.5 Å². The fourth-order valence-electron chi connectivity index (χ4n) is 2.20. The van der Waals surface area contributed by atoms with Crippen molar-refractivity contribution in [2.24, 2.45) is 0 Å². The molecule has 8 nitrogen and oxygen atoms in total. The van der Waals surface area contributed by atoms with E-state index < -0.39 is 28.0 Å². The first-order valence-corrected chi connectivity index (χ1v) is 9.68. The molecule has 0 unspecified atom stereocenters. The Morgan fingerprint density at radius 1 is 1.19 bits per heavy atom. The molecule has 0 heterocycles. The third kappa shape index (κ3) is 7.11. The van der Waals surface area contributed by atoms with E-state index in [1.807, 2.05) is 6.92 Å². The van der Waals surface area contributed by atoms with Gasteiger partial charge in [0, 0.05) is 20.2 Å². The molecule has 0 radical (unpaired) electrons. The molecule has 0 fully saturated rings. The van der Waals surface area contributed by atoms with E-state index in [2.05, 4.69) is 10.0 Å². The molecule has 0 saturated heterocycles. The molecule has 1 atom stereocenters. The number of amides is 1. The van der Waals surface area contributed by atoms with Crippen LogP contribution in [0.2, 0.25) is 0 Å². The van der Waals surface area contributed by atoms with Crippen molar-refractivity contribution in [3.8, 4) is 0 Å². The van der Waals surface area contributed by atoms with E-state index in [4.69, 9.17) is 9.47 Å². The van der Waals surface area contributed by atoms with Gasteiger partial charge >= 0.3 is 5.97 Å². The number of ether oxygens (including phenoxy) is 2. The van der Waals surface area contributed by atoms with E-state index in [1.54, 1.807) is 19.1 Å². The highest BCUT2D eigenvalue weighted by Crippen LogP contribution is 2.16. The monoisotopic (exact) mass is 386 g/mol. The molecular formula is C17H26N2O6S. The first kappa shape index (κ1) is 22.1. The highest BCUT2D eigenvalue weighted by Gasteiger charge is 2.19. The van der Waals surface area contributed by atoms with Crippen molar-refractivity contribution >= 4 is 21.9 Å². The maximum Gasteiger partial charge on any atom is 0.307 e. The van der Waals surface area contributed by atoms with Crippen LogP contribution in [0.15, 0.2) is 23.1 Å². The van der Waals surface area contributed by atoms with Crippen molar-refractivity contribution < 1.29 is 27.5 Å². The molecule has 0 aliphatic rings. The summed E-state index contributed by atoms with van der Waals surface area (Å²) in [5, 5.41) is 2.55. The largest absolute Gasteiger partial charge is 0.453 e. The zero-order chi connectivity index (χ0) is 19.7. The van der Waals surface area contributed by atoms with Gasteiger partial charge < -0.3 is 14.8 Å². The summed E-state index contributed by atoms with van der Waals surface area (Å²) in [5.74, 6) is -1.10. The average molecular weight is 386 g/mol. The maximum absolute atomic E-state index is 12.3. The quantitative estimate of drug-likeness (QED) is 0.452. The van der Waals surface area contributed by atoms with Crippen LogP contribution < -0.4 is 10.0 Å². The molecule has 26 heavy (non-hydrogen) atoms. The van der Waals surface area contributed by atoms with Gasteiger partial charge in [-0.2, -0.15) is 0 Å². The van der Waals surface area contributed by atoms with E-state index in [0.717, 1.165) is 5.56 Å². The third-order valence-electron chi connectivity index (χ3n) is 3.52. The average Bonchev–Trinajstić information content (AvgIpc) is 2.54. The van der Waals surface area contributed by atoms with Crippen LogP contribution >= 0.6 is 0 Å². The molecule has 0 aliphatic heterocycles. The normalized spacial score (nSPS) is 12.5. The molecule has 146 valence electrons. The standard InChI is InChI=1S/C17H26N2O6S/c1-12-5-6-15(13(2)11-12)26(22,23)19-8-7-16(20)25-14(3)17(21)18-9-10-24-4/h5-6,11,14,19H,7-10H2,1-4H3,(H,18,21)/t14-/m0/s1. The summed E-state index contributed by atoms with van der Waals surface area (Å²) in [6, 6.07) is 5.00. The van der Waals surface area contributed by atoms with Gasteiger partial charge in [-0.05, 0) is 32.4 Å². The first-order valence-electron chi connectivity index (χ1n) is 8.20. The van der Waals surface area contributed by atoms with Crippen LogP contribution in [0.25, 0.3) is 0 Å². The lowest BCUT2D eigenvalue weighted by molar-refractivity contribution is -0.154. The highest BCUT2D eigenvalue weighted by molar-refractivity contribution is 7.89. The Morgan fingerprint density at radius 3 is 2.50 bits per heavy atom. The second-order valence-electron chi connectivity index (χ2n) is 5.83. The van der Waals surface area contributed by atoms with Gasteiger partial charge in [0.25, 0.3) is 5.91 Å². The Balaban J connectivity index is 2.46. The van der Waals surface area contributed by atoms with Gasteiger partial charge in [-0.3, -0.25) is 9.59 Å². The van der Waals surface area contributed by atoms with Crippen molar-refractivity contribution in [2.45, 2.75) is 38.2 Å². The predicted octanol–water partition coefficient (Wildman–Crippen LogP) is 0.666. The topological polar surface area (TPSA) is 111 Å². The predicted molar refractivity (Wildman–Crippen MR) is 96.2 cm³/mol. The Kier molecular flexibility index (Phi) is 8.70. The minimum absolute atomic E-state index is 0.119. The molecule has 2 N–H and O–H groups in total. The second kappa shape index (κ2) is 10.2. The van der Waals surface area contributed by atoms with Gasteiger partial charge in [0.15, 0.2) is 6.10 Å². The molecular weight excluding hydrogens is 360 g/mol. The van der Waals surface area contributed by atoms with Gasteiger partial charge in [-0.15, -0.1) is 0 Å². The number of rotatable bonds is 10. The number of methoxy groups -OCH3 is 1. The van der Waals surface area contributed by atoms with Crippen LogP contribution in [0, 0.1) is 13.8 Å². The number of nitrogens with one attached hydrogen (secondary N) is 2. The van der Waals surface area contributed by atoms with Crippen molar-refractivity contribution in [1.82, 2.24) is 10.0 Å². The van der Waals surface area contributed by atoms with Crippen molar-refractivity contribution in [3.05, 3.63) is 29.3 Å². The molecule has 9 heteroatoms. The number of carbonyl (C=O) groups is 2. The molecule has 0 aromatic heterocycles. The molecule has 1 aromatic carbocycles. The zero-order valence-electron chi connectivity index (χ0n) is 15.5. The molecule has 1 aromatic rings. The van der Waals surface area contributed by atoms with E-state index in [-0.39, 0.29) is 17.9 Å². The summed E-state index contributed by atoms with van der Waals surface area (Å²) >= 11 is 0. The van der Waals surface area contributed by atoms with Crippen molar-refractivity contribution in [3.63, 3.8) is 0 Å². The van der Waals surface area contributed by atoms with E-state index in [0.29, 0.717) is 18.7 Å². The maximum atomic E-state index is 12.3. The van der Waals surface area contributed by atoms with Crippen LogP contribution in [0.4, 0.5) is 0 Å². The minimum atomic E-state index is -3.71. The third-order valence-corrected chi connectivity index (χ3v) is 5.15. The number of hydrogen-bond acceptors (Lipinski definition) is 6. The summed E-state index contributed by atoms with van der Waals surface area (Å²) < 4.78 is 36.7. The molecule has 1 rings (SSSR count). The Morgan fingerprint density at radius 2 is 1.88 bits per heavy atom. The number of carbonyl (C=O) groups excluding carboxylic acids is 2. The summed E-state index contributed by atoms with van der Waals surface area (Å²) in [6.45, 7) is 5.57. The lowest BCUT2D eigenvalue weighted by atomic mass is 10.2. The highest BCUT2D eigenvalue weighted by atomic mass is 32.2. The smallest absolute Gasteiger partial charge is 0.307 e. The lowest BCUT2D eigenvalue weighted by Gasteiger charge is -2.14. The van der Waals surface area contributed by atoms with Crippen LogP contribution in [0.5, 0.6) is 0 Å². The number of esters is 1. The summed E-state index contributed by atoms with van der Waals surface area (Å²) in [4.78, 5) is 23.6. The SMILES string of the molecule is COCCNC(=O)[C@H](C)OC(=O)CCNS(=O)(=O)c1ccc(C)cc1C. The van der Waals surface area contributed by atoms with Crippen LogP contribution in [0.3, 0.4) is 0 Å². The number of aryl methyl sites for hydroxylation is 2. The molecule has 0 bridgehead atoms. The van der Waals surface area contributed by atoms with Gasteiger partial charge in [0.2, 0.25) is 10.0 Å². The first-order chi connectivity index (χ1) is 12.2. The summed E-state index contributed by atoms with van der Waals surface area (Å²) in [6.07, 6.45) is -1.14. The minimum Gasteiger partial charge on any atom is -0.453 e. The molecule has 0 saturated carbocycles. The number of hydrogen-bond donors (Lipinski definition) is 2. The fraction of sp³-hybridized carbons (Fsp3) is 0.529.